The molecule has 0 fully saturated rings. The maximum absolute atomic E-state index is 5.81. The number of benzene rings is 1. The van der Waals surface area contributed by atoms with Crippen LogP contribution in [0.4, 0.5) is 0 Å². The SMILES string of the molecule is C=C(C)CN=C(N)NCCc1c[nH]c2c(CC)cccc12.I. The number of hydrogen-bond acceptors (Lipinski definition) is 1. The second-order valence-corrected chi connectivity index (χ2v) is 5.34. The minimum Gasteiger partial charge on any atom is -0.370 e. The van der Waals surface area contributed by atoms with E-state index in [1.165, 1.54) is 22.0 Å². The average Bonchev–Trinajstić information content (AvgIpc) is 2.88. The van der Waals surface area contributed by atoms with Gasteiger partial charge in [0.2, 0.25) is 0 Å². The zero-order chi connectivity index (χ0) is 15.2. The lowest BCUT2D eigenvalue weighted by Crippen LogP contribution is -2.33. The molecule has 0 saturated carbocycles. The lowest BCUT2D eigenvalue weighted by atomic mass is 10.1. The number of nitrogens with two attached hydrogens (primary N) is 1. The number of nitrogens with one attached hydrogen (secondary N) is 2. The van der Waals surface area contributed by atoms with Crippen molar-refractivity contribution in [2.75, 3.05) is 13.1 Å². The van der Waals surface area contributed by atoms with Crippen molar-refractivity contribution in [3.05, 3.63) is 47.7 Å². The topological polar surface area (TPSA) is 66.2 Å². The van der Waals surface area contributed by atoms with Crippen molar-refractivity contribution in [3.8, 4) is 0 Å². The molecule has 2 rings (SSSR count). The van der Waals surface area contributed by atoms with E-state index in [1.807, 2.05) is 6.92 Å². The van der Waals surface area contributed by atoms with E-state index in [9.17, 15) is 0 Å². The molecule has 0 aliphatic rings. The molecule has 5 heteroatoms. The van der Waals surface area contributed by atoms with Crippen LogP contribution in [0.2, 0.25) is 0 Å². The lowest BCUT2D eigenvalue weighted by Gasteiger charge is -2.05. The lowest BCUT2D eigenvalue weighted by molar-refractivity contribution is 0.856. The molecule has 2 aromatic rings. The number of aromatic nitrogens is 1. The Balaban J connectivity index is 0.00000242. The van der Waals surface area contributed by atoms with E-state index < -0.39 is 0 Å². The van der Waals surface area contributed by atoms with Gasteiger partial charge in [0.25, 0.3) is 0 Å². The Morgan fingerprint density at radius 2 is 2.14 bits per heavy atom. The van der Waals surface area contributed by atoms with Gasteiger partial charge < -0.3 is 16.0 Å². The first kappa shape index (κ1) is 18.5. The number of hydrogen-bond donors (Lipinski definition) is 3. The summed E-state index contributed by atoms with van der Waals surface area (Å²) >= 11 is 0. The van der Waals surface area contributed by atoms with Crippen molar-refractivity contribution in [2.24, 2.45) is 10.7 Å². The van der Waals surface area contributed by atoms with E-state index in [2.05, 4.69) is 53.2 Å². The molecule has 4 N–H and O–H groups in total. The highest BCUT2D eigenvalue weighted by molar-refractivity contribution is 14.0. The third-order valence-electron chi connectivity index (χ3n) is 3.49. The van der Waals surface area contributed by atoms with Gasteiger partial charge in [-0.1, -0.05) is 37.3 Å². The molecule has 1 heterocycles. The number of nitrogens with zero attached hydrogens (tertiary/aromatic N) is 1. The van der Waals surface area contributed by atoms with Gasteiger partial charge in [-0.3, -0.25) is 0 Å². The van der Waals surface area contributed by atoms with Crippen molar-refractivity contribution in [2.45, 2.75) is 26.7 Å². The number of para-hydroxylation sites is 1. The quantitative estimate of drug-likeness (QED) is 0.295. The van der Waals surface area contributed by atoms with E-state index in [1.54, 1.807) is 0 Å². The van der Waals surface area contributed by atoms with E-state index in [4.69, 9.17) is 5.73 Å². The summed E-state index contributed by atoms with van der Waals surface area (Å²) in [5.74, 6) is 0.479. The van der Waals surface area contributed by atoms with Crippen molar-refractivity contribution < 1.29 is 0 Å². The maximum Gasteiger partial charge on any atom is 0.188 e. The largest absolute Gasteiger partial charge is 0.370 e. The van der Waals surface area contributed by atoms with Gasteiger partial charge in [0.1, 0.15) is 0 Å². The third-order valence-corrected chi connectivity index (χ3v) is 3.49. The molecular weight excluding hydrogens is 387 g/mol. The number of rotatable bonds is 6. The van der Waals surface area contributed by atoms with Crippen molar-refractivity contribution in [1.29, 1.82) is 0 Å². The number of aromatic amines is 1. The van der Waals surface area contributed by atoms with E-state index in [0.29, 0.717) is 12.5 Å². The summed E-state index contributed by atoms with van der Waals surface area (Å²) < 4.78 is 0. The molecule has 0 radical (unpaired) electrons. The summed E-state index contributed by atoms with van der Waals surface area (Å²) in [6.45, 7) is 9.27. The number of H-pyrrole nitrogens is 1. The standard InChI is InChI=1S/C17H24N4.HI/c1-4-13-6-5-7-15-14(11-20-16(13)15)8-9-19-17(18)21-10-12(2)3;/h5-7,11,20H,2,4,8-10H2,1,3H3,(H3,18,19,21);1H. The summed E-state index contributed by atoms with van der Waals surface area (Å²) in [6, 6.07) is 6.45. The molecule has 1 aromatic heterocycles. The highest BCUT2D eigenvalue weighted by Crippen LogP contribution is 2.22. The fourth-order valence-electron chi connectivity index (χ4n) is 2.38. The second-order valence-electron chi connectivity index (χ2n) is 5.34. The highest BCUT2D eigenvalue weighted by atomic mass is 127. The van der Waals surface area contributed by atoms with Gasteiger partial charge in [-0.25, -0.2) is 4.99 Å². The normalized spacial score (nSPS) is 11.3. The zero-order valence-electron chi connectivity index (χ0n) is 13.3. The van der Waals surface area contributed by atoms with Crippen LogP contribution in [-0.2, 0) is 12.8 Å². The third kappa shape index (κ3) is 4.76. The first-order chi connectivity index (χ1) is 10.1. The first-order valence-corrected chi connectivity index (χ1v) is 7.37. The number of aliphatic imine (C=N–C) groups is 1. The molecule has 0 spiro atoms. The van der Waals surface area contributed by atoms with Gasteiger partial charge in [-0.05, 0) is 30.9 Å². The maximum atomic E-state index is 5.81. The van der Waals surface area contributed by atoms with Crippen LogP contribution in [0.5, 0.6) is 0 Å². The fraction of sp³-hybridized carbons (Fsp3) is 0.353. The van der Waals surface area contributed by atoms with E-state index in [-0.39, 0.29) is 24.0 Å². The van der Waals surface area contributed by atoms with Crippen LogP contribution < -0.4 is 11.1 Å². The van der Waals surface area contributed by atoms with E-state index in [0.717, 1.165) is 25.0 Å². The molecule has 120 valence electrons. The van der Waals surface area contributed by atoms with Gasteiger partial charge in [0.05, 0.1) is 6.54 Å². The van der Waals surface area contributed by atoms with E-state index >= 15 is 0 Å². The molecule has 22 heavy (non-hydrogen) atoms. The molecule has 0 saturated heterocycles. The van der Waals surface area contributed by atoms with Gasteiger partial charge in [-0.2, -0.15) is 0 Å². The zero-order valence-corrected chi connectivity index (χ0v) is 15.6. The molecule has 0 atom stereocenters. The molecule has 0 aliphatic carbocycles. The average molecular weight is 412 g/mol. The Bertz CT molecular complexity index is 658. The smallest absolute Gasteiger partial charge is 0.188 e. The molecule has 0 aliphatic heterocycles. The molecule has 0 bridgehead atoms. The van der Waals surface area contributed by atoms with Crippen molar-refractivity contribution >= 4 is 40.8 Å². The summed E-state index contributed by atoms with van der Waals surface area (Å²) in [4.78, 5) is 7.59. The van der Waals surface area contributed by atoms with Gasteiger partial charge in [0.15, 0.2) is 5.96 Å². The Morgan fingerprint density at radius 1 is 1.36 bits per heavy atom. The Kier molecular flexibility index (Phi) is 7.44. The van der Waals surface area contributed by atoms with Crippen LogP contribution in [0.25, 0.3) is 10.9 Å². The summed E-state index contributed by atoms with van der Waals surface area (Å²) in [5, 5.41) is 4.44. The number of guanidine groups is 1. The number of aryl methyl sites for hydroxylation is 1. The molecule has 1 aromatic carbocycles. The van der Waals surface area contributed by atoms with Crippen molar-refractivity contribution in [3.63, 3.8) is 0 Å². The minimum absolute atomic E-state index is 0. The van der Waals surface area contributed by atoms with Crippen LogP contribution in [-0.4, -0.2) is 24.0 Å². The second kappa shape index (κ2) is 8.82. The molecule has 4 nitrogen and oxygen atoms in total. The van der Waals surface area contributed by atoms with Crippen LogP contribution >= 0.6 is 24.0 Å². The van der Waals surface area contributed by atoms with Crippen molar-refractivity contribution in [1.82, 2.24) is 10.3 Å². The van der Waals surface area contributed by atoms with Crippen LogP contribution in [0.1, 0.15) is 25.0 Å². The predicted octanol–water partition coefficient (Wildman–Crippen LogP) is 3.37. The summed E-state index contributed by atoms with van der Waals surface area (Å²) in [5.41, 5.74) is 10.7. The summed E-state index contributed by atoms with van der Waals surface area (Å²) in [7, 11) is 0. The Hall–Kier alpha value is -1.50. The number of halogens is 1. The van der Waals surface area contributed by atoms with Crippen LogP contribution in [0.3, 0.4) is 0 Å². The van der Waals surface area contributed by atoms with Crippen LogP contribution in [0.15, 0.2) is 41.5 Å². The minimum atomic E-state index is 0. The fourth-order valence-corrected chi connectivity index (χ4v) is 2.38. The van der Waals surface area contributed by atoms with Gasteiger partial charge >= 0.3 is 0 Å². The Morgan fingerprint density at radius 3 is 2.82 bits per heavy atom. The highest BCUT2D eigenvalue weighted by Gasteiger charge is 2.06. The Labute approximate surface area is 149 Å². The monoisotopic (exact) mass is 412 g/mol. The molecule has 0 amide bonds. The summed E-state index contributed by atoms with van der Waals surface area (Å²) in [6.07, 6.45) is 4.04. The first-order valence-electron chi connectivity index (χ1n) is 7.37. The van der Waals surface area contributed by atoms with Gasteiger partial charge in [-0.15, -0.1) is 24.0 Å². The molecule has 0 unspecified atom stereocenters. The van der Waals surface area contributed by atoms with Gasteiger partial charge in [0, 0.05) is 23.6 Å². The molecular formula is C17H25IN4. The van der Waals surface area contributed by atoms with Crippen LogP contribution in [0, 0.1) is 0 Å². The number of fused-ring (bicyclic) bond motifs is 1. The predicted molar refractivity (Wildman–Crippen MR) is 106 cm³/mol.